The predicted octanol–water partition coefficient (Wildman–Crippen LogP) is 1.58. The molecular formula is C12H13N3O4S. The maximum atomic E-state index is 11.0. The van der Waals surface area contributed by atoms with Crippen molar-refractivity contribution < 1.29 is 14.8 Å². The minimum atomic E-state index is -1.01. The number of nitro benzene ring substituents is 1. The number of hydrogen-bond donors (Lipinski definition) is 3. The van der Waals surface area contributed by atoms with Gasteiger partial charge in [-0.05, 0) is 18.7 Å². The van der Waals surface area contributed by atoms with E-state index in [1.165, 1.54) is 18.3 Å². The molecule has 0 aromatic heterocycles. The lowest BCUT2D eigenvalue weighted by molar-refractivity contribution is -0.384. The SMILES string of the molecule is CCNC1(c2ccc([N+](=O)[O-])cc2)NC=C(C(=O)O)S1. The van der Waals surface area contributed by atoms with Gasteiger partial charge in [-0.15, -0.1) is 0 Å². The molecule has 0 bridgehead atoms. The lowest BCUT2D eigenvalue weighted by atomic mass is 10.1. The van der Waals surface area contributed by atoms with Crippen molar-refractivity contribution in [1.82, 2.24) is 10.6 Å². The summed E-state index contributed by atoms with van der Waals surface area (Å²) in [6.07, 6.45) is 1.43. The number of thioether (sulfide) groups is 1. The van der Waals surface area contributed by atoms with Crippen LogP contribution in [0, 0.1) is 10.1 Å². The molecule has 0 aliphatic carbocycles. The van der Waals surface area contributed by atoms with Gasteiger partial charge in [0, 0.05) is 23.9 Å². The highest BCUT2D eigenvalue weighted by Crippen LogP contribution is 2.41. The minimum absolute atomic E-state index is 0.00480. The Bertz CT molecular complexity index is 573. The van der Waals surface area contributed by atoms with E-state index in [4.69, 9.17) is 5.11 Å². The summed E-state index contributed by atoms with van der Waals surface area (Å²) in [4.78, 5) is 20.6. The van der Waals surface area contributed by atoms with Crippen LogP contribution in [0.5, 0.6) is 0 Å². The monoisotopic (exact) mass is 295 g/mol. The molecule has 3 N–H and O–H groups in total. The molecule has 1 aliphatic heterocycles. The highest BCUT2D eigenvalue weighted by atomic mass is 32.2. The first-order chi connectivity index (χ1) is 9.48. The number of nitrogens with zero attached hydrogens (tertiary/aromatic N) is 1. The molecule has 0 spiro atoms. The Kier molecular flexibility index (Phi) is 3.96. The lowest BCUT2D eigenvalue weighted by Gasteiger charge is -2.30. The Morgan fingerprint density at radius 2 is 2.15 bits per heavy atom. The Morgan fingerprint density at radius 1 is 1.50 bits per heavy atom. The molecule has 7 nitrogen and oxygen atoms in total. The number of hydrogen-bond acceptors (Lipinski definition) is 6. The Balaban J connectivity index is 2.30. The molecule has 106 valence electrons. The van der Waals surface area contributed by atoms with E-state index >= 15 is 0 Å². The van der Waals surface area contributed by atoms with E-state index in [0.29, 0.717) is 6.54 Å². The summed E-state index contributed by atoms with van der Waals surface area (Å²) in [5.74, 6) is -1.01. The van der Waals surface area contributed by atoms with Crippen molar-refractivity contribution in [3.8, 4) is 0 Å². The van der Waals surface area contributed by atoms with Gasteiger partial charge in [-0.3, -0.25) is 15.4 Å². The second-order valence-corrected chi connectivity index (χ2v) is 5.33. The summed E-state index contributed by atoms with van der Waals surface area (Å²) in [7, 11) is 0. The molecule has 1 heterocycles. The molecule has 1 aromatic rings. The number of non-ortho nitro benzene ring substituents is 1. The summed E-state index contributed by atoms with van der Waals surface area (Å²) in [5, 5.41) is 25.9. The van der Waals surface area contributed by atoms with Crippen molar-refractivity contribution in [2.24, 2.45) is 0 Å². The van der Waals surface area contributed by atoms with Gasteiger partial charge in [0.05, 0.1) is 4.92 Å². The molecule has 0 radical (unpaired) electrons. The van der Waals surface area contributed by atoms with Crippen LogP contribution in [0.25, 0.3) is 0 Å². The normalized spacial score (nSPS) is 21.1. The van der Waals surface area contributed by atoms with Gasteiger partial charge in [0.1, 0.15) is 4.91 Å². The van der Waals surface area contributed by atoms with E-state index in [1.54, 1.807) is 12.1 Å². The molecule has 0 saturated heterocycles. The molecule has 1 unspecified atom stereocenters. The zero-order chi connectivity index (χ0) is 14.8. The van der Waals surface area contributed by atoms with Crippen LogP contribution in [-0.2, 0) is 9.79 Å². The molecule has 1 aliphatic rings. The van der Waals surface area contributed by atoms with E-state index in [1.807, 2.05) is 6.92 Å². The zero-order valence-electron chi connectivity index (χ0n) is 10.6. The first-order valence-corrected chi connectivity index (χ1v) is 6.70. The van der Waals surface area contributed by atoms with Crippen LogP contribution in [0.2, 0.25) is 0 Å². The van der Waals surface area contributed by atoms with Crippen molar-refractivity contribution in [1.29, 1.82) is 0 Å². The fraction of sp³-hybridized carbons (Fsp3) is 0.250. The number of benzene rings is 1. The van der Waals surface area contributed by atoms with Crippen LogP contribution >= 0.6 is 11.8 Å². The van der Waals surface area contributed by atoms with Gasteiger partial charge in [0.25, 0.3) is 5.69 Å². The van der Waals surface area contributed by atoms with E-state index in [9.17, 15) is 14.9 Å². The van der Waals surface area contributed by atoms with Gasteiger partial charge in [-0.25, -0.2) is 4.79 Å². The Hall–Kier alpha value is -2.06. The van der Waals surface area contributed by atoms with Crippen molar-refractivity contribution in [3.63, 3.8) is 0 Å². The highest BCUT2D eigenvalue weighted by Gasteiger charge is 2.38. The van der Waals surface area contributed by atoms with Gasteiger partial charge in [0.15, 0.2) is 4.99 Å². The average Bonchev–Trinajstić information content (AvgIpc) is 2.85. The topological polar surface area (TPSA) is 105 Å². The van der Waals surface area contributed by atoms with Crippen LogP contribution in [0.4, 0.5) is 5.69 Å². The minimum Gasteiger partial charge on any atom is -0.477 e. The quantitative estimate of drug-likeness (QED) is 0.559. The molecule has 0 fully saturated rings. The first kappa shape index (κ1) is 14.4. The van der Waals surface area contributed by atoms with Crippen LogP contribution in [0.3, 0.4) is 0 Å². The van der Waals surface area contributed by atoms with Gasteiger partial charge in [-0.2, -0.15) is 0 Å². The van der Waals surface area contributed by atoms with E-state index < -0.39 is 15.9 Å². The summed E-state index contributed by atoms with van der Waals surface area (Å²) in [5.41, 5.74) is 0.720. The molecule has 2 rings (SSSR count). The summed E-state index contributed by atoms with van der Waals surface area (Å²) in [6.45, 7) is 2.51. The standard InChI is InChI=1S/C12H13N3O4S/c1-2-13-12(14-7-10(20-12)11(16)17)8-3-5-9(6-4-8)15(18)19/h3-7,13-14H,2H2,1H3,(H,16,17). The fourth-order valence-corrected chi connectivity index (χ4v) is 3.02. The number of carbonyl (C=O) groups is 1. The molecule has 0 saturated carbocycles. The van der Waals surface area contributed by atoms with Gasteiger partial charge < -0.3 is 10.4 Å². The van der Waals surface area contributed by atoms with Crippen molar-refractivity contribution in [2.75, 3.05) is 6.54 Å². The van der Waals surface area contributed by atoms with Gasteiger partial charge in [0.2, 0.25) is 0 Å². The summed E-state index contributed by atoms with van der Waals surface area (Å²) in [6, 6.07) is 6.02. The number of nitro groups is 1. The number of rotatable bonds is 5. The third kappa shape index (κ3) is 2.61. The van der Waals surface area contributed by atoms with Crippen molar-refractivity contribution in [2.45, 2.75) is 11.9 Å². The summed E-state index contributed by atoms with van der Waals surface area (Å²) < 4.78 is 0. The number of nitrogens with one attached hydrogen (secondary N) is 2. The third-order valence-electron chi connectivity index (χ3n) is 2.79. The Morgan fingerprint density at radius 3 is 2.60 bits per heavy atom. The summed E-state index contributed by atoms with van der Waals surface area (Å²) >= 11 is 1.13. The molecule has 0 amide bonds. The van der Waals surface area contributed by atoms with E-state index in [2.05, 4.69) is 10.6 Å². The Labute approximate surface area is 119 Å². The molecule has 1 atom stereocenters. The van der Waals surface area contributed by atoms with Gasteiger partial charge in [-0.1, -0.05) is 18.7 Å². The molecular weight excluding hydrogens is 282 g/mol. The van der Waals surface area contributed by atoms with Gasteiger partial charge >= 0.3 is 5.97 Å². The first-order valence-electron chi connectivity index (χ1n) is 5.88. The maximum Gasteiger partial charge on any atom is 0.343 e. The molecule has 8 heteroatoms. The number of aliphatic carboxylic acids is 1. The van der Waals surface area contributed by atoms with Crippen LogP contribution in [0.15, 0.2) is 35.4 Å². The zero-order valence-corrected chi connectivity index (χ0v) is 11.4. The fourth-order valence-electron chi connectivity index (χ4n) is 1.89. The highest BCUT2D eigenvalue weighted by molar-refractivity contribution is 8.05. The molecule has 20 heavy (non-hydrogen) atoms. The largest absolute Gasteiger partial charge is 0.477 e. The maximum absolute atomic E-state index is 11.0. The second-order valence-electron chi connectivity index (χ2n) is 4.08. The van der Waals surface area contributed by atoms with E-state index in [-0.39, 0.29) is 10.6 Å². The number of carboxylic acid groups (broad SMARTS) is 1. The van der Waals surface area contributed by atoms with Crippen LogP contribution in [0.1, 0.15) is 12.5 Å². The van der Waals surface area contributed by atoms with Crippen molar-refractivity contribution in [3.05, 3.63) is 51.0 Å². The van der Waals surface area contributed by atoms with E-state index in [0.717, 1.165) is 17.3 Å². The van der Waals surface area contributed by atoms with Crippen molar-refractivity contribution >= 4 is 23.4 Å². The number of carboxylic acids is 1. The second kappa shape index (κ2) is 5.51. The van der Waals surface area contributed by atoms with Crippen LogP contribution in [-0.4, -0.2) is 22.5 Å². The molecule has 1 aromatic carbocycles. The van der Waals surface area contributed by atoms with Crippen LogP contribution < -0.4 is 10.6 Å². The smallest absolute Gasteiger partial charge is 0.343 e. The predicted molar refractivity (Wildman–Crippen MR) is 74.9 cm³/mol. The third-order valence-corrected chi connectivity index (χ3v) is 4.11. The average molecular weight is 295 g/mol. The lowest BCUT2D eigenvalue weighted by Crippen LogP contribution is -2.47.